The summed E-state index contributed by atoms with van der Waals surface area (Å²) < 4.78 is 5.45. The van der Waals surface area contributed by atoms with Crippen LogP contribution >= 0.6 is 15.9 Å². The Balaban J connectivity index is 2.31. The molecule has 0 spiro atoms. The first kappa shape index (κ1) is 12.8. The van der Waals surface area contributed by atoms with Gasteiger partial charge >= 0.3 is 5.97 Å². The quantitative estimate of drug-likeness (QED) is 0.636. The van der Waals surface area contributed by atoms with E-state index in [4.69, 9.17) is 0 Å². The largest absolute Gasteiger partial charge is 0.466 e. The lowest BCUT2D eigenvalue weighted by molar-refractivity contribution is -0.134. The zero-order valence-electron chi connectivity index (χ0n) is 9.94. The maximum atomic E-state index is 11.0. The highest BCUT2D eigenvalue weighted by Crippen LogP contribution is 2.48. The second-order valence-electron chi connectivity index (χ2n) is 4.32. The van der Waals surface area contributed by atoms with E-state index in [1.165, 1.54) is 13.2 Å². The van der Waals surface area contributed by atoms with Crippen LogP contribution in [0.3, 0.4) is 0 Å². The molecule has 1 aliphatic carbocycles. The van der Waals surface area contributed by atoms with E-state index in [1.54, 1.807) is 6.08 Å². The molecule has 0 saturated heterocycles. The maximum Gasteiger partial charge on any atom is 0.330 e. The average Bonchev–Trinajstić information content (AvgIpc) is 3.16. The first-order valence-corrected chi connectivity index (χ1v) is 6.37. The van der Waals surface area contributed by atoms with Crippen LogP contribution in [-0.2, 0) is 14.9 Å². The van der Waals surface area contributed by atoms with E-state index in [9.17, 15) is 10.1 Å². The summed E-state index contributed by atoms with van der Waals surface area (Å²) >= 11 is 3.43. The van der Waals surface area contributed by atoms with E-state index in [2.05, 4.69) is 26.7 Å². The molecule has 0 aliphatic heterocycles. The van der Waals surface area contributed by atoms with E-state index in [1.807, 2.05) is 18.2 Å². The highest BCUT2D eigenvalue weighted by molar-refractivity contribution is 9.10. The molecule has 0 unspecified atom stereocenters. The maximum absolute atomic E-state index is 11.0. The molecule has 0 heterocycles. The molecule has 2 rings (SSSR count). The van der Waals surface area contributed by atoms with Crippen molar-refractivity contribution in [2.45, 2.75) is 18.3 Å². The molecule has 0 radical (unpaired) electrons. The molecule has 3 nitrogen and oxygen atoms in total. The smallest absolute Gasteiger partial charge is 0.330 e. The molecular weight excluding hydrogens is 294 g/mol. The van der Waals surface area contributed by atoms with E-state index in [-0.39, 0.29) is 5.41 Å². The summed E-state index contributed by atoms with van der Waals surface area (Å²) in [6.45, 7) is 0. The van der Waals surface area contributed by atoms with Gasteiger partial charge in [-0.2, -0.15) is 5.26 Å². The van der Waals surface area contributed by atoms with Crippen molar-refractivity contribution >= 4 is 28.0 Å². The average molecular weight is 306 g/mol. The Labute approximate surface area is 114 Å². The second kappa shape index (κ2) is 4.95. The van der Waals surface area contributed by atoms with Crippen LogP contribution in [0.15, 0.2) is 28.7 Å². The van der Waals surface area contributed by atoms with Crippen LogP contribution in [0.1, 0.15) is 24.0 Å². The van der Waals surface area contributed by atoms with Crippen LogP contribution < -0.4 is 0 Å². The van der Waals surface area contributed by atoms with Crippen molar-refractivity contribution in [3.63, 3.8) is 0 Å². The van der Waals surface area contributed by atoms with Gasteiger partial charge in [-0.25, -0.2) is 4.79 Å². The normalized spacial score (nSPS) is 16.3. The lowest BCUT2D eigenvalue weighted by atomic mass is 9.96. The van der Waals surface area contributed by atoms with Gasteiger partial charge in [-0.1, -0.05) is 22.0 Å². The third-order valence-corrected chi connectivity index (χ3v) is 3.51. The van der Waals surface area contributed by atoms with Crippen LogP contribution in [0.4, 0.5) is 0 Å². The highest BCUT2D eigenvalue weighted by Gasteiger charge is 2.45. The van der Waals surface area contributed by atoms with Gasteiger partial charge in [0, 0.05) is 10.5 Å². The van der Waals surface area contributed by atoms with Gasteiger partial charge in [0.15, 0.2) is 0 Å². The summed E-state index contributed by atoms with van der Waals surface area (Å²) in [5.74, 6) is -0.391. The van der Waals surface area contributed by atoms with Crippen molar-refractivity contribution in [1.82, 2.24) is 0 Å². The number of rotatable bonds is 3. The van der Waals surface area contributed by atoms with Crippen LogP contribution in [-0.4, -0.2) is 13.1 Å². The van der Waals surface area contributed by atoms with Gasteiger partial charge < -0.3 is 4.74 Å². The zero-order chi connectivity index (χ0) is 13.2. The molecule has 1 aromatic rings. The summed E-state index contributed by atoms with van der Waals surface area (Å²) in [6.07, 6.45) is 4.87. The lowest BCUT2D eigenvalue weighted by Crippen LogP contribution is -2.02. The van der Waals surface area contributed by atoms with Crippen molar-refractivity contribution in [3.8, 4) is 6.07 Å². The molecule has 0 N–H and O–H groups in total. The van der Waals surface area contributed by atoms with Gasteiger partial charge in [-0.3, -0.25) is 0 Å². The fraction of sp³-hybridized carbons (Fsp3) is 0.286. The van der Waals surface area contributed by atoms with Crippen molar-refractivity contribution in [2.75, 3.05) is 7.11 Å². The Morgan fingerprint density at radius 1 is 1.50 bits per heavy atom. The number of nitrogens with zero attached hydrogens (tertiary/aromatic N) is 1. The van der Waals surface area contributed by atoms with Gasteiger partial charge in [-0.05, 0) is 42.2 Å². The Morgan fingerprint density at radius 3 is 2.78 bits per heavy atom. The van der Waals surface area contributed by atoms with Crippen molar-refractivity contribution in [1.29, 1.82) is 5.26 Å². The standard InChI is InChI=1S/C14H12BrNO2/c1-18-13(17)3-2-10-6-11(8-12(15)7-10)14(9-16)4-5-14/h2-3,6-8H,4-5H2,1H3. The number of methoxy groups -OCH3 is 1. The van der Waals surface area contributed by atoms with Crippen LogP contribution in [0.25, 0.3) is 6.08 Å². The third kappa shape index (κ3) is 2.62. The Morgan fingerprint density at radius 2 is 2.22 bits per heavy atom. The molecule has 0 bridgehead atoms. The molecule has 1 aliphatic rings. The minimum Gasteiger partial charge on any atom is -0.466 e. The van der Waals surface area contributed by atoms with E-state index >= 15 is 0 Å². The molecule has 1 saturated carbocycles. The minimum atomic E-state index is -0.391. The predicted molar refractivity (Wildman–Crippen MR) is 71.7 cm³/mol. The number of esters is 1. The molecular formula is C14H12BrNO2. The van der Waals surface area contributed by atoms with Crippen LogP contribution in [0, 0.1) is 11.3 Å². The number of ether oxygens (including phenoxy) is 1. The van der Waals surface area contributed by atoms with E-state index < -0.39 is 5.97 Å². The SMILES string of the molecule is COC(=O)C=Cc1cc(Br)cc(C2(C#N)CC2)c1. The fourth-order valence-electron chi connectivity index (χ4n) is 1.81. The summed E-state index contributed by atoms with van der Waals surface area (Å²) in [7, 11) is 1.34. The molecule has 0 amide bonds. The molecule has 0 aromatic heterocycles. The third-order valence-electron chi connectivity index (χ3n) is 3.05. The fourth-order valence-corrected chi connectivity index (χ4v) is 2.32. The number of nitriles is 1. The number of benzene rings is 1. The zero-order valence-corrected chi connectivity index (χ0v) is 11.5. The summed E-state index contributed by atoms with van der Waals surface area (Å²) in [6, 6.07) is 8.17. The summed E-state index contributed by atoms with van der Waals surface area (Å²) in [5, 5.41) is 9.19. The molecule has 4 heteroatoms. The van der Waals surface area contributed by atoms with Crippen LogP contribution in [0.5, 0.6) is 0 Å². The number of carbonyl (C=O) groups is 1. The number of hydrogen-bond donors (Lipinski definition) is 0. The first-order valence-electron chi connectivity index (χ1n) is 5.58. The summed E-state index contributed by atoms with van der Waals surface area (Å²) in [4.78, 5) is 11.0. The second-order valence-corrected chi connectivity index (χ2v) is 5.24. The van der Waals surface area contributed by atoms with Gasteiger partial charge in [0.1, 0.15) is 0 Å². The molecule has 92 valence electrons. The highest BCUT2D eigenvalue weighted by atomic mass is 79.9. The van der Waals surface area contributed by atoms with Gasteiger partial charge in [0.2, 0.25) is 0 Å². The monoisotopic (exact) mass is 305 g/mol. The van der Waals surface area contributed by atoms with Gasteiger partial charge in [0.05, 0.1) is 18.6 Å². The molecule has 18 heavy (non-hydrogen) atoms. The van der Waals surface area contributed by atoms with E-state index in [0.29, 0.717) is 0 Å². The first-order chi connectivity index (χ1) is 8.59. The Hall–Kier alpha value is -1.60. The van der Waals surface area contributed by atoms with Crippen molar-refractivity contribution in [2.24, 2.45) is 0 Å². The lowest BCUT2D eigenvalue weighted by Gasteiger charge is -2.08. The predicted octanol–water partition coefficient (Wildman–Crippen LogP) is 3.19. The van der Waals surface area contributed by atoms with E-state index in [0.717, 1.165) is 28.4 Å². The number of halogens is 1. The van der Waals surface area contributed by atoms with Crippen molar-refractivity contribution in [3.05, 3.63) is 39.9 Å². The molecule has 0 atom stereocenters. The molecule has 1 fully saturated rings. The minimum absolute atomic E-state index is 0.322. The van der Waals surface area contributed by atoms with Crippen LogP contribution in [0.2, 0.25) is 0 Å². The summed E-state index contributed by atoms with van der Waals surface area (Å²) in [5.41, 5.74) is 1.56. The Bertz CT molecular complexity index is 553. The van der Waals surface area contributed by atoms with Gasteiger partial charge in [0.25, 0.3) is 0 Å². The topological polar surface area (TPSA) is 50.1 Å². The number of carbonyl (C=O) groups excluding carboxylic acids is 1. The van der Waals surface area contributed by atoms with Crippen molar-refractivity contribution < 1.29 is 9.53 Å². The number of hydrogen-bond acceptors (Lipinski definition) is 3. The Kier molecular flexibility index (Phi) is 3.53. The molecule has 1 aromatic carbocycles. The van der Waals surface area contributed by atoms with Gasteiger partial charge in [-0.15, -0.1) is 0 Å².